The van der Waals surface area contributed by atoms with Crippen molar-refractivity contribution in [1.29, 1.82) is 0 Å². The van der Waals surface area contributed by atoms with Crippen molar-refractivity contribution in [1.82, 2.24) is 0 Å². The second-order valence-corrected chi connectivity index (χ2v) is 9.80. The molecule has 1 aromatic carbocycles. The summed E-state index contributed by atoms with van der Waals surface area (Å²) in [5, 5.41) is 0. The summed E-state index contributed by atoms with van der Waals surface area (Å²) in [7, 11) is 3.41. The van der Waals surface area contributed by atoms with Crippen LogP contribution in [0.15, 0.2) is 42.5 Å². The second kappa shape index (κ2) is 12.6. The highest BCUT2D eigenvalue weighted by molar-refractivity contribution is 5.89. The highest BCUT2D eigenvalue weighted by atomic mass is 16.6. The molecule has 0 amide bonds. The smallest absolute Gasteiger partial charge is 0.312 e. The van der Waals surface area contributed by atoms with Crippen LogP contribution in [-0.4, -0.2) is 50.4 Å². The summed E-state index contributed by atoms with van der Waals surface area (Å²) in [4.78, 5) is 26.0. The van der Waals surface area contributed by atoms with Crippen LogP contribution in [-0.2, 0) is 28.5 Å². The highest BCUT2D eigenvalue weighted by Gasteiger charge is 2.42. The number of Topliss-reactive ketones (excluding diaryl/α,β-unsaturated/α-hetero) is 1. The fraction of sp³-hybridized carbons (Fsp3) is 0.643. The Morgan fingerprint density at radius 3 is 2.29 bits per heavy atom. The highest BCUT2D eigenvalue weighted by Crippen LogP contribution is 2.33. The van der Waals surface area contributed by atoms with Crippen LogP contribution in [0.3, 0.4) is 0 Å². The van der Waals surface area contributed by atoms with E-state index in [2.05, 4.69) is 19.1 Å². The van der Waals surface area contributed by atoms with Crippen molar-refractivity contribution in [3.8, 4) is 0 Å². The third-order valence-electron chi connectivity index (χ3n) is 7.23. The fourth-order valence-corrected chi connectivity index (χ4v) is 5.14. The van der Waals surface area contributed by atoms with Gasteiger partial charge >= 0.3 is 5.97 Å². The van der Waals surface area contributed by atoms with Crippen molar-refractivity contribution < 1.29 is 28.5 Å². The number of cyclic esters (lactones) is 1. The first-order chi connectivity index (χ1) is 16.3. The molecule has 0 N–H and O–H groups in total. The summed E-state index contributed by atoms with van der Waals surface area (Å²) >= 11 is 0. The number of benzene rings is 1. The number of ketones is 1. The van der Waals surface area contributed by atoms with E-state index in [4.69, 9.17) is 18.9 Å². The number of methoxy groups -OCH3 is 2. The second-order valence-electron chi connectivity index (χ2n) is 9.80. The van der Waals surface area contributed by atoms with Crippen molar-refractivity contribution in [2.75, 3.05) is 14.2 Å². The molecule has 1 aromatic rings. The van der Waals surface area contributed by atoms with Crippen LogP contribution in [0.1, 0.15) is 64.5 Å². The van der Waals surface area contributed by atoms with Crippen molar-refractivity contribution in [2.24, 2.45) is 17.8 Å². The molecule has 2 heterocycles. The maximum Gasteiger partial charge on any atom is 0.312 e. The predicted octanol–water partition coefficient (Wildman–Crippen LogP) is 5.07. The molecule has 0 unspecified atom stereocenters. The third-order valence-corrected chi connectivity index (χ3v) is 7.23. The SMILES string of the molecule is CO[C@H]1CCCC[C@@H](c2ccccc2)OC(=O)[C@@H](C)[C@H]2O[C@@H]([C@@H](C)/C=C/[C@H]1OC)[C@@H](C)CC2=O. The molecule has 0 radical (unpaired) electrons. The van der Waals surface area contributed by atoms with Gasteiger partial charge in [0, 0.05) is 26.6 Å². The molecule has 6 heteroatoms. The summed E-state index contributed by atoms with van der Waals surface area (Å²) < 4.78 is 23.8. The molecule has 2 aliphatic heterocycles. The Kier molecular flexibility index (Phi) is 9.86. The van der Waals surface area contributed by atoms with Crippen molar-refractivity contribution in [2.45, 2.75) is 83.4 Å². The summed E-state index contributed by atoms with van der Waals surface area (Å²) in [6.45, 7) is 5.85. The van der Waals surface area contributed by atoms with E-state index in [1.807, 2.05) is 37.3 Å². The molecule has 6 nitrogen and oxygen atoms in total. The topological polar surface area (TPSA) is 71.1 Å². The Bertz CT molecular complexity index is 821. The molecule has 8 atom stereocenters. The quantitative estimate of drug-likeness (QED) is 0.452. The molecule has 34 heavy (non-hydrogen) atoms. The zero-order chi connectivity index (χ0) is 24.7. The Balaban J connectivity index is 1.90. The van der Waals surface area contributed by atoms with Crippen LogP contribution in [0.2, 0.25) is 0 Å². The molecule has 0 spiro atoms. The zero-order valence-electron chi connectivity index (χ0n) is 21.1. The standard InChI is InChI=1S/C28H40O6/c1-18-15-16-25(32-5)24(31-4)14-10-9-13-23(21-11-7-6-8-12-21)33-28(30)20(3)27-22(29)17-19(2)26(18)34-27/h6-8,11-12,15-16,18-20,23-27H,9-10,13-14,17H2,1-5H3/b16-15+/t18-,19-,20-,23-,24-,25+,26-,27+/m0/s1. The van der Waals surface area contributed by atoms with E-state index in [9.17, 15) is 9.59 Å². The van der Waals surface area contributed by atoms with Gasteiger partial charge in [-0.2, -0.15) is 0 Å². The summed E-state index contributed by atoms with van der Waals surface area (Å²) in [6.07, 6.45) is 6.29. The molecular formula is C28H40O6. The van der Waals surface area contributed by atoms with Crippen molar-refractivity contribution in [3.63, 3.8) is 0 Å². The number of hydrogen-bond donors (Lipinski definition) is 0. The number of carbonyl (C=O) groups excluding carboxylic acids is 2. The minimum atomic E-state index is -0.793. The minimum absolute atomic E-state index is 0.0315. The molecule has 1 saturated heterocycles. The Labute approximate surface area is 204 Å². The number of fused-ring (bicyclic) bond motifs is 2. The van der Waals surface area contributed by atoms with Gasteiger partial charge in [0.05, 0.1) is 18.1 Å². The lowest BCUT2D eigenvalue weighted by Crippen LogP contribution is -2.48. The normalized spacial score (nSPS) is 37.1. The van der Waals surface area contributed by atoms with E-state index in [1.54, 1.807) is 21.1 Å². The number of carbonyl (C=O) groups is 2. The number of esters is 1. The predicted molar refractivity (Wildman–Crippen MR) is 130 cm³/mol. The largest absolute Gasteiger partial charge is 0.457 e. The summed E-state index contributed by atoms with van der Waals surface area (Å²) in [6, 6.07) is 9.80. The zero-order valence-corrected chi connectivity index (χ0v) is 21.1. The van der Waals surface area contributed by atoms with Gasteiger partial charge in [0.2, 0.25) is 0 Å². The summed E-state index contributed by atoms with van der Waals surface area (Å²) in [5.41, 5.74) is 0.959. The summed E-state index contributed by atoms with van der Waals surface area (Å²) in [5.74, 6) is -0.973. The van der Waals surface area contributed by atoms with Gasteiger partial charge in [-0.3, -0.25) is 9.59 Å². The Morgan fingerprint density at radius 1 is 0.912 bits per heavy atom. The number of rotatable bonds is 3. The molecule has 2 bridgehead atoms. The number of ether oxygens (including phenoxy) is 4. The van der Waals surface area contributed by atoms with E-state index in [1.165, 1.54) is 0 Å². The lowest BCUT2D eigenvalue weighted by molar-refractivity contribution is -0.175. The molecule has 0 aliphatic carbocycles. The first-order valence-corrected chi connectivity index (χ1v) is 12.5. The molecule has 1 fully saturated rings. The van der Waals surface area contributed by atoms with Crippen LogP contribution < -0.4 is 0 Å². The molecule has 2 aliphatic rings. The molecule has 3 rings (SSSR count). The monoisotopic (exact) mass is 472 g/mol. The third kappa shape index (κ3) is 6.55. The van der Waals surface area contributed by atoms with E-state index < -0.39 is 12.0 Å². The van der Waals surface area contributed by atoms with E-state index in [0.29, 0.717) is 12.8 Å². The van der Waals surface area contributed by atoms with Crippen LogP contribution in [0.4, 0.5) is 0 Å². The van der Waals surface area contributed by atoms with Crippen molar-refractivity contribution >= 4 is 11.8 Å². The minimum Gasteiger partial charge on any atom is -0.457 e. The molecule has 0 aromatic heterocycles. The van der Waals surface area contributed by atoms with Gasteiger partial charge in [-0.15, -0.1) is 0 Å². The Morgan fingerprint density at radius 2 is 1.62 bits per heavy atom. The van der Waals surface area contributed by atoms with Gasteiger partial charge in [0.15, 0.2) is 5.78 Å². The van der Waals surface area contributed by atoms with E-state index in [0.717, 1.165) is 24.8 Å². The average molecular weight is 473 g/mol. The van der Waals surface area contributed by atoms with Crippen molar-refractivity contribution in [3.05, 3.63) is 48.0 Å². The van der Waals surface area contributed by atoms with Crippen LogP contribution in [0.25, 0.3) is 0 Å². The van der Waals surface area contributed by atoms with Crippen LogP contribution in [0.5, 0.6) is 0 Å². The van der Waals surface area contributed by atoms with Gasteiger partial charge in [0.25, 0.3) is 0 Å². The average Bonchev–Trinajstić information content (AvgIpc) is 2.84. The maximum atomic E-state index is 13.2. The fourth-order valence-electron chi connectivity index (χ4n) is 5.14. The van der Waals surface area contributed by atoms with Gasteiger partial charge in [-0.1, -0.05) is 62.8 Å². The lowest BCUT2D eigenvalue weighted by Gasteiger charge is -2.38. The molecule has 0 saturated carbocycles. The van der Waals surface area contributed by atoms with Gasteiger partial charge in [-0.25, -0.2) is 0 Å². The first-order valence-electron chi connectivity index (χ1n) is 12.5. The number of hydrogen-bond acceptors (Lipinski definition) is 6. The molecular weight excluding hydrogens is 432 g/mol. The Hall–Kier alpha value is -2.02. The lowest BCUT2D eigenvalue weighted by atomic mass is 9.82. The molecule has 188 valence electrons. The van der Waals surface area contributed by atoms with E-state index >= 15 is 0 Å². The maximum absolute atomic E-state index is 13.2. The van der Waals surface area contributed by atoms with E-state index in [-0.39, 0.29) is 48.0 Å². The first kappa shape index (κ1) is 26.6. The van der Waals surface area contributed by atoms with Gasteiger partial charge in [0.1, 0.15) is 18.3 Å². The van der Waals surface area contributed by atoms with Crippen LogP contribution in [0, 0.1) is 17.8 Å². The van der Waals surface area contributed by atoms with Gasteiger partial charge < -0.3 is 18.9 Å². The van der Waals surface area contributed by atoms with Crippen LogP contribution >= 0.6 is 0 Å². The van der Waals surface area contributed by atoms with Gasteiger partial charge in [-0.05, 0) is 37.7 Å².